The van der Waals surface area contributed by atoms with Gasteiger partial charge in [0, 0.05) is 13.6 Å². The summed E-state index contributed by atoms with van der Waals surface area (Å²) in [7, 11) is -2.84. The zero-order valence-corrected chi connectivity index (χ0v) is 12.5. The van der Waals surface area contributed by atoms with Crippen molar-refractivity contribution in [3.8, 4) is 0 Å². The second-order valence-electron chi connectivity index (χ2n) is 4.83. The van der Waals surface area contributed by atoms with Crippen LogP contribution in [0.5, 0.6) is 0 Å². The number of carbonyl (C=O) groups is 1. The summed E-state index contributed by atoms with van der Waals surface area (Å²) < 4.78 is 63.1. The molecule has 2 rings (SSSR count). The van der Waals surface area contributed by atoms with Gasteiger partial charge in [-0.2, -0.15) is 14.1 Å². The Morgan fingerprint density at radius 1 is 1.41 bits per heavy atom. The number of nitrogens with one attached hydrogen (secondary N) is 1. The lowest BCUT2D eigenvalue weighted by molar-refractivity contribution is -0.212. The number of rotatable bonds is 3. The molecule has 7 nitrogen and oxygen atoms in total. The highest BCUT2D eigenvalue weighted by Gasteiger charge is 2.39. The molecule has 1 aromatic heterocycles. The number of nitrogens with zero attached hydrogens (tertiary/aromatic N) is 3. The third-order valence-electron chi connectivity index (χ3n) is 3.43. The van der Waals surface area contributed by atoms with Crippen LogP contribution in [0.15, 0.2) is 17.3 Å². The van der Waals surface area contributed by atoms with Gasteiger partial charge in [-0.25, -0.2) is 8.42 Å². The van der Waals surface area contributed by atoms with Crippen molar-refractivity contribution in [2.24, 2.45) is 0 Å². The highest BCUT2D eigenvalue weighted by molar-refractivity contribution is 7.89. The third kappa shape index (κ3) is 3.09. The van der Waals surface area contributed by atoms with Crippen molar-refractivity contribution in [1.82, 2.24) is 19.4 Å². The summed E-state index contributed by atoms with van der Waals surface area (Å²) in [4.78, 5) is 11.2. The number of halogens is 3. The number of carbonyl (C=O) groups excluding carboxylic acids is 1. The summed E-state index contributed by atoms with van der Waals surface area (Å²) in [6, 6.07) is -0.919. The Kier molecular flexibility index (Phi) is 4.47. The number of amides is 1. The molecule has 1 atom stereocenters. The number of piperidine rings is 1. The van der Waals surface area contributed by atoms with Gasteiger partial charge in [0.15, 0.2) is 0 Å². The van der Waals surface area contributed by atoms with Crippen LogP contribution in [0.1, 0.15) is 19.3 Å². The number of sulfonamides is 1. The fourth-order valence-corrected chi connectivity index (χ4v) is 3.92. The van der Waals surface area contributed by atoms with Gasteiger partial charge in [-0.05, 0) is 12.8 Å². The van der Waals surface area contributed by atoms with E-state index in [-0.39, 0.29) is 11.2 Å². The molecule has 0 aromatic carbocycles. The molecular weight excluding hydrogens is 325 g/mol. The molecule has 11 heteroatoms. The summed E-state index contributed by atoms with van der Waals surface area (Å²) >= 11 is 0. The molecule has 2 heterocycles. The number of likely N-dealkylation sites (N-methyl/N-ethyl adjacent to an activating group) is 1. The number of alkyl halides is 3. The van der Waals surface area contributed by atoms with E-state index >= 15 is 0 Å². The summed E-state index contributed by atoms with van der Waals surface area (Å²) in [5, 5.41) is 5.40. The number of aromatic nitrogens is 2. The lowest BCUT2D eigenvalue weighted by Gasteiger charge is -2.32. The van der Waals surface area contributed by atoms with E-state index in [2.05, 4.69) is 10.4 Å². The highest BCUT2D eigenvalue weighted by atomic mass is 32.2. The minimum atomic E-state index is -4.80. The molecule has 0 aliphatic carbocycles. The fraction of sp³-hybridized carbons (Fsp3) is 0.636. The monoisotopic (exact) mass is 340 g/mol. The molecule has 1 N–H and O–H groups in total. The molecule has 0 spiro atoms. The van der Waals surface area contributed by atoms with Crippen molar-refractivity contribution >= 4 is 15.9 Å². The number of hydrogen-bond acceptors (Lipinski definition) is 4. The predicted molar refractivity (Wildman–Crippen MR) is 69.1 cm³/mol. The van der Waals surface area contributed by atoms with Crippen molar-refractivity contribution in [3.63, 3.8) is 0 Å². The standard InChI is InChI=1S/C11H15F3N4O3S/c1-15-10(19)9-4-2-3-5-17(9)22(20,21)8-6-16-18(7-8)11(12,13)14/h6-7,9H,2-5H2,1H3,(H,15,19). The molecule has 1 aromatic rings. The zero-order valence-electron chi connectivity index (χ0n) is 11.7. The lowest BCUT2D eigenvalue weighted by Crippen LogP contribution is -2.51. The molecule has 1 saturated heterocycles. The minimum absolute atomic E-state index is 0.0810. The van der Waals surface area contributed by atoms with E-state index in [0.717, 1.165) is 4.31 Å². The minimum Gasteiger partial charge on any atom is -0.358 e. The van der Waals surface area contributed by atoms with Gasteiger partial charge in [-0.3, -0.25) is 4.79 Å². The molecule has 1 unspecified atom stereocenters. The average Bonchev–Trinajstić information content (AvgIpc) is 2.97. The largest absolute Gasteiger partial charge is 0.504 e. The Morgan fingerprint density at radius 2 is 2.09 bits per heavy atom. The van der Waals surface area contributed by atoms with Gasteiger partial charge in [0.1, 0.15) is 10.9 Å². The van der Waals surface area contributed by atoms with Gasteiger partial charge in [0.2, 0.25) is 15.9 Å². The first-order valence-electron chi connectivity index (χ1n) is 6.53. The molecular formula is C11H15F3N4O3S. The quantitative estimate of drug-likeness (QED) is 0.876. The van der Waals surface area contributed by atoms with Crippen LogP contribution in [-0.2, 0) is 21.1 Å². The van der Waals surface area contributed by atoms with Gasteiger partial charge in [-0.1, -0.05) is 6.42 Å². The summed E-state index contributed by atoms with van der Waals surface area (Å²) in [6.45, 7) is 0.0810. The second-order valence-corrected chi connectivity index (χ2v) is 6.72. The Balaban J connectivity index is 2.35. The fourth-order valence-electron chi connectivity index (χ4n) is 2.33. The van der Waals surface area contributed by atoms with Gasteiger partial charge in [0.05, 0.1) is 12.4 Å². The van der Waals surface area contributed by atoms with E-state index in [4.69, 9.17) is 0 Å². The molecule has 0 saturated carbocycles. The van der Waals surface area contributed by atoms with Crippen molar-refractivity contribution in [2.45, 2.75) is 36.5 Å². The topological polar surface area (TPSA) is 84.3 Å². The molecule has 1 aliphatic rings. The molecule has 1 aliphatic heterocycles. The first kappa shape index (κ1) is 16.7. The van der Waals surface area contributed by atoms with Crippen molar-refractivity contribution in [1.29, 1.82) is 0 Å². The molecule has 0 radical (unpaired) electrons. The Labute approximate surface area is 125 Å². The van der Waals surface area contributed by atoms with Crippen molar-refractivity contribution < 1.29 is 26.4 Å². The van der Waals surface area contributed by atoms with Crippen LogP contribution in [0.2, 0.25) is 0 Å². The zero-order chi connectivity index (χ0) is 16.5. The maximum absolute atomic E-state index is 12.5. The molecule has 1 fully saturated rings. The van der Waals surface area contributed by atoms with E-state index in [1.165, 1.54) is 7.05 Å². The number of hydrogen-bond donors (Lipinski definition) is 1. The molecule has 124 valence electrons. The van der Waals surface area contributed by atoms with E-state index in [0.29, 0.717) is 31.7 Å². The third-order valence-corrected chi connectivity index (χ3v) is 5.29. The van der Waals surface area contributed by atoms with E-state index in [9.17, 15) is 26.4 Å². The SMILES string of the molecule is CNC(=O)C1CCCCN1S(=O)(=O)c1cnn(C(F)(F)F)c1. The van der Waals surface area contributed by atoms with E-state index in [1.54, 1.807) is 0 Å². The Bertz CT molecular complexity index is 656. The maximum atomic E-state index is 12.5. The smallest absolute Gasteiger partial charge is 0.358 e. The molecule has 0 bridgehead atoms. The first-order valence-corrected chi connectivity index (χ1v) is 7.97. The van der Waals surface area contributed by atoms with Gasteiger partial charge in [-0.15, -0.1) is 13.2 Å². The predicted octanol–water partition coefficient (Wildman–Crippen LogP) is 0.649. The van der Waals surface area contributed by atoms with Crippen LogP contribution in [0.3, 0.4) is 0 Å². The maximum Gasteiger partial charge on any atom is 0.504 e. The van der Waals surface area contributed by atoms with Gasteiger partial charge in [0.25, 0.3) is 0 Å². The van der Waals surface area contributed by atoms with E-state index < -0.39 is 33.2 Å². The normalized spacial score (nSPS) is 20.8. The van der Waals surface area contributed by atoms with E-state index in [1.807, 2.05) is 0 Å². The van der Waals surface area contributed by atoms with Crippen LogP contribution in [-0.4, -0.2) is 48.0 Å². The summed E-state index contributed by atoms with van der Waals surface area (Å²) in [5.74, 6) is -0.480. The highest BCUT2D eigenvalue weighted by Crippen LogP contribution is 2.27. The Morgan fingerprint density at radius 3 is 2.64 bits per heavy atom. The van der Waals surface area contributed by atoms with Gasteiger partial charge >= 0.3 is 6.30 Å². The summed E-state index contributed by atoms with van der Waals surface area (Å²) in [6.07, 6.45) is -2.21. The lowest BCUT2D eigenvalue weighted by atomic mass is 10.0. The molecule has 22 heavy (non-hydrogen) atoms. The van der Waals surface area contributed by atoms with Crippen molar-refractivity contribution in [3.05, 3.63) is 12.4 Å². The summed E-state index contributed by atoms with van der Waals surface area (Å²) in [5.41, 5.74) is 0. The van der Waals surface area contributed by atoms with Crippen LogP contribution < -0.4 is 5.32 Å². The van der Waals surface area contributed by atoms with Gasteiger partial charge < -0.3 is 5.32 Å². The van der Waals surface area contributed by atoms with Crippen LogP contribution >= 0.6 is 0 Å². The first-order chi connectivity index (χ1) is 10.2. The van der Waals surface area contributed by atoms with Crippen LogP contribution in [0, 0.1) is 0 Å². The van der Waals surface area contributed by atoms with Crippen LogP contribution in [0.4, 0.5) is 13.2 Å². The molecule has 1 amide bonds. The van der Waals surface area contributed by atoms with Crippen molar-refractivity contribution in [2.75, 3.05) is 13.6 Å². The second kappa shape index (κ2) is 5.88. The Hall–Kier alpha value is -1.62. The van der Waals surface area contributed by atoms with Crippen LogP contribution in [0.25, 0.3) is 0 Å². The average molecular weight is 340 g/mol.